The van der Waals surface area contributed by atoms with Crippen LogP contribution in [0, 0.1) is 19.8 Å². The smallest absolute Gasteiger partial charge is 0.228 e. The van der Waals surface area contributed by atoms with E-state index in [2.05, 4.69) is 43.5 Å². The van der Waals surface area contributed by atoms with Crippen LogP contribution in [-0.4, -0.2) is 55.6 Å². The van der Waals surface area contributed by atoms with Crippen molar-refractivity contribution < 1.29 is 14.3 Å². The topological polar surface area (TPSA) is 70.7 Å². The molecule has 0 unspecified atom stereocenters. The zero-order valence-electron chi connectivity index (χ0n) is 20.3. The molecule has 0 spiro atoms. The number of anilines is 1. The summed E-state index contributed by atoms with van der Waals surface area (Å²) < 4.78 is 5.37. The van der Waals surface area contributed by atoms with Gasteiger partial charge in [0.25, 0.3) is 0 Å². The molecule has 2 atom stereocenters. The van der Waals surface area contributed by atoms with E-state index in [1.807, 2.05) is 43.3 Å². The Morgan fingerprint density at radius 2 is 1.52 bits per heavy atom. The number of ether oxygens (including phenoxy) is 1. The van der Waals surface area contributed by atoms with Gasteiger partial charge in [0.05, 0.1) is 19.1 Å². The van der Waals surface area contributed by atoms with Crippen LogP contribution in [0.15, 0.2) is 48.5 Å². The predicted octanol–water partition coefficient (Wildman–Crippen LogP) is 3.89. The second-order valence-electron chi connectivity index (χ2n) is 9.27. The number of nitrogens with one attached hydrogen (secondary N) is 2. The zero-order valence-corrected chi connectivity index (χ0v) is 20.3. The molecule has 0 saturated carbocycles. The molecule has 6 nitrogen and oxygen atoms in total. The maximum atomic E-state index is 13.5. The Kier molecular flexibility index (Phi) is 8.89. The minimum Gasteiger partial charge on any atom is -0.383 e. The Balaban J connectivity index is 1.71. The number of morpholine rings is 1. The number of nitrogens with zero attached hydrogens (tertiary/aromatic N) is 1. The van der Waals surface area contributed by atoms with E-state index in [0.717, 1.165) is 16.8 Å². The van der Waals surface area contributed by atoms with E-state index in [4.69, 9.17) is 4.74 Å². The van der Waals surface area contributed by atoms with Crippen LogP contribution in [0.5, 0.6) is 0 Å². The number of carbonyl (C=O) groups is 2. The lowest BCUT2D eigenvalue weighted by Gasteiger charge is -2.30. The highest BCUT2D eigenvalue weighted by molar-refractivity contribution is 5.90. The molecule has 1 saturated heterocycles. The van der Waals surface area contributed by atoms with Crippen molar-refractivity contribution in [2.24, 2.45) is 5.92 Å². The summed E-state index contributed by atoms with van der Waals surface area (Å²) in [5.41, 5.74) is 4.23. The van der Waals surface area contributed by atoms with Crippen molar-refractivity contribution >= 4 is 17.5 Å². The average Bonchev–Trinajstić information content (AvgIpc) is 2.82. The van der Waals surface area contributed by atoms with Crippen molar-refractivity contribution in [3.05, 3.63) is 65.2 Å². The van der Waals surface area contributed by atoms with Crippen molar-refractivity contribution in [3.63, 3.8) is 0 Å². The maximum absolute atomic E-state index is 13.5. The zero-order chi connectivity index (χ0) is 23.8. The average molecular weight is 452 g/mol. The fourth-order valence-electron chi connectivity index (χ4n) is 3.91. The highest BCUT2D eigenvalue weighted by Crippen LogP contribution is 2.23. The number of hydrogen-bond acceptors (Lipinski definition) is 4. The molecule has 1 aliphatic heterocycles. The number of carbonyl (C=O) groups excluding carboxylic acids is 2. The molecule has 2 aromatic carbocycles. The Labute approximate surface area is 197 Å². The number of aryl methyl sites for hydroxylation is 2. The van der Waals surface area contributed by atoms with Crippen molar-refractivity contribution in [1.29, 1.82) is 0 Å². The van der Waals surface area contributed by atoms with Gasteiger partial charge >= 0.3 is 0 Å². The van der Waals surface area contributed by atoms with E-state index < -0.39 is 5.92 Å². The van der Waals surface area contributed by atoms with Gasteiger partial charge in [-0.15, -0.1) is 0 Å². The molecule has 0 aromatic heterocycles. The van der Waals surface area contributed by atoms with Crippen LogP contribution in [0.25, 0.3) is 0 Å². The van der Waals surface area contributed by atoms with E-state index >= 15 is 0 Å². The molecule has 0 aliphatic carbocycles. The Hall–Kier alpha value is -2.86. The van der Waals surface area contributed by atoms with Gasteiger partial charge in [-0.25, -0.2) is 0 Å². The van der Waals surface area contributed by atoms with E-state index in [-0.39, 0.29) is 30.2 Å². The molecule has 2 N–H and O–H groups in total. The molecule has 6 heteroatoms. The van der Waals surface area contributed by atoms with Crippen LogP contribution >= 0.6 is 0 Å². The molecule has 2 aromatic rings. The molecule has 1 heterocycles. The van der Waals surface area contributed by atoms with Gasteiger partial charge in [0.1, 0.15) is 0 Å². The summed E-state index contributed by atoms with van der Waals surface area (Å²) in [5.74, 6) is -0.398. The first-order valence-corrected chi connectivity index (χ1v) is 11.9. The van der Waals surface area contributed by atoms with Gasteiger partial charge in [0.15, 0.2) is 0 Å². The Morgan fingerprint density at radius 1 is 0.939 bits per heavy atom. The summed E-state index contributed by atoms with van der Waals surface area (Å²) in [6, 6.07) is 16.1. The summed E-state index contributed by atoms with van der Waals surface area (Å²) in [4.78, 5) is 28.3. The third-order valence-electron chi connectivity index (χ3n) is 6.25. The molecule has 1 fully saturated rings. The monoisotopic (exact) mass is 451 g/mol. The highest BCUT2D eigenvalue weighted by Gasteiger charge is 2.29. The standard InChI is InChI=1S/C27H37N3O3/c1-19(2)25(18-28-23-11-7-21(4)8-12-23)29-27(32)24(22-9-5-20(3)6-10-22)17-26(31)30-13-15-33-16-14-30/h5-12,19,24-25,28H,13-18H2,1-4H3,(H,29,32)/t24-,25-/m1/s1. The number of benzene rings is 2. The largest absolute Gasteiger partial charge is 0.383 e. The molecule has 2 amide bonds. The van der Waals surface area contributed by atoms with Gasteiger partial charge in [-0.1, -0.05) is 61.4 Å². The third-order valence-corrected chi connectivity index (χ3v) is 6.25. The quantitative estimate of drug-likeness (QED) is 0.607. The molecule has 0 radical (unpaired) electrons. The number of hydrogen-bond donors (Lipinski definition) is 2. The molecule has 3 rings (SSSR count). The lowest BCUT2D eigenvalue weighted by molar-refractivity contribution is -0.138. The first-order chi connectivity index (χ1) is 15.8. The highest BCUT2D eigenvalue weighted by atomic mass is 16.5. The van der Waals surface area contributed by atoms with E-state index in [0.29, 0.717) is 32.8 Å². The second-order valence-corrected chi connectivity index (χ2v) is 9.27. The number of rotatable bonds is 9. The van der Waals surface area contributed by atoms with Crippen LogP contribution in [0.2, 0.25) is 0 Å². The summed E-state index contributed by atoms with van der Waals surface area (Å²) in [5, 5.41) is 6.66. The first-order valence-electron chi connectivity index (χ1n) is 11.9. The lowest BCUT2D eigenvalue weighted by atomic mass is 9.92. The molecule has 178 valence electrons. The maximum Gasteiger partial charge on any atom is 0.228 e. The van der Waals surface area contributed by atoms with E-state index in [1.54, 1.807) is 4.90 Å². The summed E-state index contributed by atoms with van der Waals surface area (Å²) in [6.45, 7) is 11.1. The molecular weight excluding hydrogens is 414 g/mol. The number of amides is 2. The minimum atomic E-state index is -0.526. The fourth-order valence-corrected chi connectivity index (χ4v) is 3.91. The van der Waals surface area contributed by atoms with Crippen LogP contribution in [0.4, 0.5) is 5.69 Å². The van der Waals surface area contributed by atoms with Gasteiger partial charge in [-0.2, -0.15) is 0 Å². The Morgan fingerprint density at radius 3 is 2.09 bits per heavy atom. The van der Waals surface area contributed by atoms with Gasteiger partial charge in [-0.05, 0) is 37.5 Å². The van der Waals surface area contributed by atoms with Crippen LogP contribution in [0.3, 0.4) is 0 Å². The van der Waals surface area contributed by atoms with Crippen LogP contribution < -0.4 is 10.6 Å². The van der Waals surface area contributed by atoms with Gasteiger partial charge < -0.3 is 20.3 Å². The molecule has 33 heavy (non-hydrogen) atoms. The van der Waals surface area contributed by atoms with Crippen molar-refractivity contribution in [3.8, 4) is 0 Å². The first kappa shape index (κ1) is 24.8. The van der Waals surface area contributed by atoms with Crippen LogP contribution in [0.1, 0.15) is 42.9 Å². The van der Waals surface area contributed by atoms with Crippen molar-refractivity contribution in [2.45, 2.75) is 46.1 Å². The molecule has 0 bridgehead atoms. The van der Waals surface area contributed by atoms with E-state index in [1.165, 1.54) is 5.56 Å². The predicted molar refractivity (Wildman–Crippen MR) is 132 cm³/mol. The van der Waals surface area contributed by atoms with Crippen molar-refractivity contribution in [2.75, 3.05) is 38.2 Å². The SMILES string of the molecule is Cc1ccc(NC[C@@H](NC(=O)[C@H](CC(=O)N2CCOCC2)c2ccc(C)cc2)C(C)C)cc1. The molecule has 1 aliphatic rings. The summed E-state index contributed by atoms with van der Waals surface area (Å²) >= 11 is 0. The van der Waals surface area contributed by atoms with Gasteiger partial charge in [0.2, 0.25) is 11.8 Å². The van der Waals surface area contributed by atoms with Crippen molar-refractivity contribution in [1.82, 2.24) is 10.2 Å². The Bertz CT molecular complexity index is 903. The van der Waals surface area contributed by atoms with E-state index in [9.17, 15) is 9.59 Å². The third kappa shape index (κ3) is 7.32. The van der Waals surface area contributed by atoms with Gasteiger partial charge in [0, 0.05) is 37.8 Å². The van der Waals surface area contributed by atoms with Gasteiger partial charge in [-0.3, -0.25) is 9.59 Å². The summed E-state index contributed by atoms with van der Waals surface area (Å²) in [7, 11) is 0. The fraction of sp³-hybridized carbons (Fsp3) is 0.481. The normalized spacial score (nSPS) is 15.7. The van der Waals surface area contributed by atoms with Crippen LogP contribution in [-0.2, 0) is 14.3 Å². The second kappa shape index (κ2) is 11.8. The minimum absolute atomic E-state index is 0.00194. The summed E-state index contributed by atoms with van der Waals surface area (Å²) in [6.07, 6.45) is 0.158. The molecular formula is C27H37N3O3. The lowest BCUT2D eigenvalue weighted by Crippen LogP contribution is -2.47.